The van der Waals surface area contributed by atoms with Gasteiger partial charge in [0.2, 0.25) is 11.1 Å². The molecule has 0 aliphatic carbocycles. The van der Waals surface area contributed by atoms with E-state index in [1.807, 2.05) is 65.8 Å². The van der Waals surface area contributed by atoms with Crippen LogP contribution < -0.4 is 38.9 Å². The van der Waals surface area contributed by atoms with Gasteiger partial charge in [-0.15, -0.1) is 0 Å². The van der Waals surface area contributed by atoms with Gasteiger partial charge in [0.1, 0.15) is 34.4 Å². The number of hydrogen-bond acceptors (Lipinski definition) is 28. The molecule has 34 heteroatoms. The second kappa shape index (κ2) is 42.8. The number of hydrogen-bond donors (Lipinski definition) is 1. The predicted molar refractivity (Wildman–Crippen MR) is 533 cm³/mol. The Bertz CT molecular complexity index is 6000. The number of carbonyl (C=O) groups excluding carboxylic acids is 3. The van der Waals surface area contributed by atoms with E-state index >= 15 is 0 Å². The minimum Gasteiger partial charge on any atom is -0.508 e. The van der Waals surface area contributed by atoms with Crippen molar-refractivity contribution in [3.63, 3.8) is 0 Å². The van der Waals surface area contributed by atoms with Crippen LogP contribution in [0.1, 0.15) is 131 Å². The molecule has 7 saturated heterocycles. The Hall–Kier alpha value is -11.6. The van der Waals surface area contributed by atoms with E-state index in [4.69, 9.17) is 58.3 Å². The van der Waals surface area contributed by atoms with Gasteiger partial charge in [0, 0.05) is 179 Å². The predicted octanol–water partition coefficient (Wildman–Crippen LogP) is 13.1. The van der Waals surface area contributed by atoms with Crippen molar-refractivity contribution in [3.8, 4) is 36.0 Å². The number of nitriles is 3. The summed E-state index contributed by atoms with van der Waals surface area (Å²) < 4.78 is 48.0. The lowest BCUT2D eigenvalue weighted by molar-refractivity contribution is -0.128. The normalized spacial score (nSPS) is 21.1. The SMILES string of the molecule is C=CC(=O)N1CCN(c2nc(OCCCN3C[C@@H]4C[C@H]3CO4)nc3c2CCN(c2cc(O)cc4ccccc24)C3)CC1CC#N.Cc1cc(N2CCc3c(nc(OCCCN4C[C@@H]5C[C@H]4CO5)nc3N3CCN(C(=O)OC(C)(C)C)C(CC#N)C3)C2)c2ccccc2c1.Cc1cc(N2CCc3c(nc(S(C)=O)nc3N3CCN(C(=O)OC(C)(C)C)C(CC#N)C3)C2)c2ccccc2c1.S.S. The van der Waals surface area contributed by atoms with Crippen molar-refractivity contribution in [3.05, 3.63) is 167 Å². The molecule has 714 valence electrons. The van der Waals surface area contributed by atoms with Crippen LogP contribution in [-0.2, 0) is 73.4 Å². The van der Waals surface area contributed by atoms with Gasteiger partial charge < -0.3 is 77.6 Å². The number of phenolic OH excluding ortho intramolecular Hbond substituents is 1. The Morgan fingerprint density at radius 3 is 1.25 bits per heavy atom. The average molecular weight is 1890 g/mol. The Morgan fingerprint density at radius 1 is 0.496 bits per heavy atom. The summed E-state index contributed by atoms with van der Waals surface area (Å²) >= 11 is 0. The molecule has 19 rings (SSSR count). The topological polar surface area (TPSA) is 328 Å². The molecular formula is C101H126N20O11S3. The summed E-state index contributed by atoms with van der Waals surface area (Å²) in [6.07, 6.45) is 9.76. The average Bonchev–Trinajstić information content (AvgIpc) is 1.44. The van der Waals surface area contributed by atoms with Crippen molar-refractivity contribution >= 4 is 123 Å². The van der Waals surface area contributed by atoms with Crippen LogP contribution in [0.5, 0.6) is 17.8 Å². The second-order valence-corrected chi connectivity index (χ2v) is 39.8. The smallest absolute Gasteiger partial charge is 0.410 e. The van der Waals surface area contributed by atoms with Gasteiger partial charge in [0.05, 0.1) is 142 Å². The maximum absolute atomic E-state index is 13.1. The van der Waals surface area contributed by atoms with Crippen molar-refractivity contribution in [2.75, 3.05) is 167 Å². The molecule has 0 radical (unpaired) electrons. The van der Waals surface area contributed by atoms with Crippen molar-refractivity contribution < 1.29 is 52.1 Å². The number of aromatic hydroxyl groups is 1. The summed E-state index contributed by atoms with van der Waals surface area (Å²) in [6.45, 7) is 34.2. The summed E-state index contributed by atoms with van der Waals surface area (Å²) in [4.78, 5) is 91.7. The third-order valence-corrected chi connectivity index (χ3v) is 27.5. The number of carbonyl (C=O) groups is 3. The molecule has 8 atom stereocenters. The number of benzene rings is 6. The number of piperazine rings is 3. The first-order valence-electron chi connectivity index (χ1n) is 46.9. The standard InChI is InChI=1S/C37H47N7O4.C34H39N7O4.C30H36N6O3S.2H2S/c1-25-18-26-8-5-6-9-30(26)33(19-25)42-14-11-31-32(23-42)39-35(46-17-7-13-41-22-29-20-28(41)24-47-29)40-34(31)43-15-16-44(27(21-43)10-12-38)36(45)48-37(2,3)4;1-2-32(43)41-14-13-40(19-24(41)8-10-35)33-29-9-12-39(31-18-26(42)16-23-6-3-4-7-28(23)31)21-30(29)36-34(37-33)44-15-5-11-38-20-27-17-25(38)22-45-27;1-20-16-21-8-6-7-9-23(21)26(17-20)34-13-11-24-25(19-34)32-28(40(5)38)33-27(24)35-14-15-36(22(18-35)10-12-31)29(37)39-30(2,3)4;;/h5-6,8-9,18-19,27-29H,7,10-11,13-17,20-24H2,1-4H3;2-4,6-7,16,18,24-25,27,42H,1,5,8-9,11-15,17,19-22H2;6-9,16-17,22H,10-11,13-15,18-19H2,1-5H3;2*1H2/t27?,28-,29-;24?,25-,27-;;;/m00.../s1. The fourth-order valence-corrected chi connectivity index (χ4v) is 21.1. The molecule has 31 nitrogen and oxygen atoms in total. The zero-order chi connectivity index (χ0) is 92.9. The molecular weight excluding hydrogens is 1770 g/mol. The van der Waals surface area contributed by atoms with Crippen LogP contribution in [0.15, 0.2) is 127 Å². The number of aryl methyl sites for hydroxylation is 2. The number of anilines is 6. The molecule has 13 heterocycles. The number of amides is 3. The highest BCUT2D eigenvalue weighted by Crippen LogP contribution is 2.42. The Kier molecular flexibility index (Phi) is 31.1. The van der Waals surface area contributed by atoms with Gasteiger partial charge in [-0.1, -0.05) is 91.5 Å². The molecule has 9 aromatic rings. The highest BCUT2D eigenvalue weighted by Gasteiger charge is 2.43. The number of phenols is 1. The third kappa shape index (κ3) is 22.6. The van der Waals surface area contributed by atoms with Gasteiger partial charge in [-0.2, -0.15) is 62.7 Å². The van der Waals surface area contributed by atoms with Crippen LogP contribution >= 0.6 is 27.0 Å². The van der Waals surface area contributed by atoms with E-state index in [9.17, 15) is 39.5 Å². The number of fused-ring (bicyclic) bond motifs is 10. The maximum atomic E-state index is 13.1. The number of ether oxygens (including phenoxy) is 6. The molecule has 10 aliphatic heterocycles. The maximum Gasteiger partial charge on any atom is 0.410 e. The first-order chi connectivity index (χ1) is 64.2. The summed E-state index contributed by atoms with van der Waals surface area (Å²) in [5.41, 5.74) is 10.5. The Balaban J connectivity index is 0.000000154. The zero-order valence-electron chi connectivity index (χ0n) is 78.9. The molecule has 6 aromatic carbocycles. The second-order valence-electron chi connectivity index (χ2n) is 38.5. The lowest BCUT2D eigenvalue weighted by atomic mass is 10.00. The van der Waals surface area contributed by atoms with Crippen LogP contribution in [0, 0.1) is 47.8 Å². The van der Waals surface area contributed by atoms with Crippen molar-refractivity contribution in [2.24, 2.45) is 0 Å². The Labute approximate surface area is 807 Å². The molecule has 1 N–H and O–H groups in total. The molecule has 4 bridgehead atoms. The van der Waals surface area contributed by atoms with Gasteiger partial charge in [0.15, 0.2) is 0 Å². The summed E-state index contributed by atoms with van der Waals surface area (Å²) in [6, 6.07) is 45.2. The fraction of sp³-hybridized carbons (Fsp3) is 0.505. The van der Waals surface area contributed by atoms with Crippen LogP contribution in [-0.4, -0.2) is 273 Å². The quantitative estimate of drug-likeness (QED) is 0.0397. The number of rotatable bonds is 21. The number of morpholine rings is 2. The number of likely N-dealkylation sites (tertiary alicyclic amines) is 2. The first kappa shape index (κ1) is 98.0. The van der Waals surface area contributed by atoms with Gasteiger partial charge >= 0.3 is 24.2 Å². The molecule has 3 amide bonds. The van der Waals surface area contributed by atoms with Crippen molar-refractivity contribution in [1.29, 1.82) is 15.8 Å². The van der Waals surface area contributed by atoms with E-state index in [2.05, 4.69) is 157 Å². The van der Waals surface area contributed by atoms with Crippen LogP contribution in [0.4, 0.5) is 44.1 Å². The molecule has 0 spiro atoms. The highest BCUT2D eigenvalue weighted by atomic mass is 32.2. The monoisotopic (exact) mass is 1890 g/mol. The zero-order valence-corrected chi connectivity index (χ0v) is 81.8. The lowest BCUT2D eigenvalue weighted by Crippen LogP contribution is -2.56. The minimum atomic E-state index is -1.37. The molecule has 10 aliphatic rings. The molecule has 7 fully saturated rings. The minimum absolute atomic E-state index is 0. The van der Waals surface area contributed by atoms with Gasteiger partial charge in [-0.3, -0.25) is 18.8 Å². The van der Waals surface area contributed by atoms with E-state index in [1.54, 1.807) is 27.0 Å². The third-order valence-electron chi connectivity index (χ3n) is 26.9. The first-order valence-corrected chi connectivity index (χ1v) is 48.5. The van der Waals surface area contributed by atoms with E-state index < -0.39 is 28.1 Å². The van der Waals surface area contributed by atoms with E-state index in [-0.39, 0.29) is 82.1 Å². The molecule has 4 unspecified atom stereocenters. The molecule has 0 saturated carbocycles. The number of nitrogens with zero attached hydrogens (tertiary/aromatic N) is 20. The number of aromatic nitrogens is 6. The fourth-order valence-electron chi connectivity index (χ4n) is 20.6. The Morgan fingerprint density at radius 2 is 0.874 bits per heavy atom. The van der Waals surface area contributed by atoms with Gasteiger partial charge in [-0.25, -0.2) is 19.6 Å². The van der Waals surface area contributed by atoms with Crippen LogP contribution in [0.25, 0.3) is 32.3 Å². The van der Waals surface area contributed by atoms with Gasteiger partial charge in [-0.05, 0) is 152 Å². The summed E-state index contributed by atoms with van der Waals surface area (Å²) in [7, 11) is -1.37. The van der Waals surface area contributed by atoms with Crippen LogP contribution in [0.2, 0.25) is 0 Å². The lowest BCUT2D eigenvalue weighted by Gasteiger charge is -2.42. The van der Waals surface area contributed by atoms with E-state index in [0.717, 1.165) is 165 Å². The van der Waals surface area contributed by atoms with Gasteiger partial charge in [0.25, 0.3) is 0 Å². The van der Waals surface area contributed by atoms with E-state index in [1.165, 1.54) is 50.1 Å². The van der Waals surface area contributed by atoms with Crippen molar-refractivity contribution in [2.45, 2.75) is 198 Å². The largest absolute Gasteiger partial charge is 0.508 e. The van der Waals surface area contributed by atoms with Crippen LogP contribution in [0.3, 0.4) is 0 Å². The van der Waals surface area contributed by atoms with E-state index in [0.29, 0.717) is 140 Å². The summed E-state index contributed by atoms with van der Waals surface area (Å²) in [5, 5.41) is 46.5. The highest BCUT2D eigenvalue weighted by molar-refractivity contribution is 7.84. The summed E-state index contributed by atoms with van der Waals surface area (Å²) in [5.74, 6) is 2.50. The molecule has 3 aromatic heterocycles. The molecule has 135 heavy (non-hydrogen) atoms. The van der Waals surface area contributed by atoms with Crippen molar-refractivity contribution in [1.82, 2.24) is 54.4 Å².